The number of fused-ring (bicyclic) bond motifs is 1. The topological polar surface area (TPSA) is 65.5 Å². The highest BCUT2D eigenvalue weighted by Gasteiger charge is 2.26. The number of nitrogens with one attached hydrogen (secondary N) is 1. The second kappa shape index (κ2) is 10.6. The fraction of sp³-hybridized carbons (Fsp3) is 0.720. The van der Waals surface area contributed by atoms with Gasteiger partial charge in [-0.1, -0.05) is 25.7 Å². The van der Waals surface area contributed by atoms with E-state index in [1.54, 1.807) is 0 Å². The summed E-state index contributed by atoms with van der Waals surface area (Å²) in [6.07, 6.45) is 13.4. The quantitative estimate of drug-likeness (QED) is 0.758. The fourth-order valence-electron chi connectivity index (χ4n) is 5.50. The number of amides is 2. The lowest BCUT2D eigenvalue weighted by Gasteiger charge is -2.32. The first-order chi connectivity index (χ1) is 15.1. The van der Waals surface area contributed by atoms with Gasteiger partial charge in [0.1, 0.15) is 0 Å². The van der Waals surface area contributed by atoms with Gasteiger partial charge >= 0.3 is 0 Å². The maximum atomic E-state index is 12.9. The van der Waals surface area contributed by atoms with Gasteiger partial charge in [0.05, 0.1) is 6.54 Å². The van der Waals surface area contributed by atoms with Crippen LogP contribution in [0.2, 0.25) is 0 Å². The number of aryl methyl sites for hydroxylation is 1. The highest BCUT2D eigenvalue weighted by atomic mass is 16.2. The zero-order valence-corrected chi connectivity index (χ0v) is 19.1. The summed E-state index contributed by atoms with van der Waals surface area (Å²) in [7, 11) is 0. The largest absolute Gasteiger partial charge is 0.351 e. The van der Waals surface area contributed by atoms with Gasteiger partial charge < -0.3 is 10.2 Å². The minimum Gasteiger partial charge on any atom is -0.351 e. The van der Waals surface area contributed by atoms with E-state index < -0.39 is 0 Å². The van der Waals surface area contributed by atoms with Gasteiger partial charge in [0.2, 0.25) is 11.8 Å². The van der Waals surface area contributed by atoms with Crippen LogP contribution in [-0.4, -0.2) is 52.8 Å². The molecule has 0 spiro atoms. The molecule has 1 aromatic heterocycles. The Morgan fingerprint density at radius 3 is 2.58 bits per heavy atom. The number of pyridine rings is 1. The van der Waals surface area contributed by atoms with Crippen LogP contribution >= 0.6 is 0 Å². The molecule has 31 heavy (non-hydrogen) atoms. The van der Waals surface area contributed by atoms with Crippen LogP contribution in [0.25, 0.3) is 0 Å². The molecule has 2 amide bonds. The van der Waals surface area contributed by atoms with Gasteiger partial charge in [-0.2, -0.15) is 0 Å². The average molecular weight is 427 g/mol. The first-order valence-corrected chi connectivity index (χ1v) is 12.3. The number of rotatable bonds is 6. The molecule has 4 rings (SSSR count). The van der Waals surface area contributed by atoms with Gasteiger partial charge in [0.25, 0.3) is 0 Å². The SMILES string of the molecule is Cc1ncc2c(c1CNC(=O)CN1CCCCC1)CCN(C(=O)CC1CCCCC1)C2. The molecule has 1 saturated carbocycles. The van der Waals surface area contributed by atoms with Crippen LogP contribution in [0.3, 0.4) is 0 Å². The van der Waals surface area contributed by atoms with E-state index in [1.807, 2.05) is 18.0 Å². The number of carbonyl (C=O) groups excluding carboxylic acids is 2. The Bertz CT molecular complexity index is 782. The third-order valence-electron chi connectivity index (χ3n) is 7.41. The molecule has 6 heteroatoms. The van der Waals surface area contributed by atoms with Gasteiger partial charge in [-0.05, 0) is 74.7 Å². The Labute approximate surface area is 186 Å². The third kappa shape index (κ3) is 5.85. The Balaban J connectivity index is 1.34. The molecule has 0 bridgehead atoms. The van der Waals surface area contributed by atoms with Crippen LogP contribution in [0, 0.1) is 12.8 Å². The Kier molecular flexibility index (Phi) is 7.59. The Hall–Kier alpha value is -1.95. The predicted molar refractivity (Wildman–Crippen MR) is 121 cm³/mol. The lowest BCUT2D eigenvalue weighted by atomic mass is 9.86. The van der Waals surface area contributed by atoms with Crippen LogP contribution in [0.15, 0.2) is 6.20 Å². The third-order valence-corrected chi connectivity index (χ3v) is 7.41. The smallest absolute Gasteiger partial charge is 0.234 e. The van der Waals surface area contributed by atoms with Crippen molar-refractivity contribution >= 4 is 11.8 Å². The van der Waals surface area contributed by atoms with E-state index >= 15 is 0 Å². The van der Waals surface area contributed by atoms with Crippen LogP contribution in [0.4, 0.5) is 0 Å². The van der Waals surface area contributed by atoms with Gasteiger partial charge in [0.15, 0.2) is 0 Å². The lowest BCUT2D eigenvalue weighted by Crippen LogP contribution is -2.40. The number of hydrogen-bond donors (Lipinski definition) is 1. The second-order valence-electron chi connectivity index (χ2n) is 9.71. The van der Waals surface area contributed by atoms with Crippen LogP contribution in [-0.2, 0) is 29.1 Å². The molecule has 2 aliphatic heterocycles. The second-order valence-corrected chi connectivity index (χ2v) is 9.71. The van der Waals surface area contributed by atoms with E-state index in [-0.39, 0.29) is 5.91 Å². The number of carbonyl (C=O) groups is 2. The normalized spacial score (nSPS) is 20.4. The van der Waals surface area contributed by atoms with Gasteiger partial charge in [-0.25, -0.2) is 0 Å². The van der Waals surface area contributed by atoms with Gasteiger partial charge in [-0.15, -0.1) is 0 Å². The standard InChI is InChI=1S/C25H38N4O2/c1-19-23(16-27-24(30)18-28-11-6-3-7-12-28)22-10-13-29(17-21(22)15-26-19)25(31)14-20-8-4-2-5-9-20/h15,20H,2-14,16-18H2,1H3,(H,27,30). The number of hydrogen-bond acceptors (Lipinski definition) is 4. The number of likely N-dealkylation sites (tertiary alicyclic amines) is 1. The van der Waals surface area contributed by atoms with Gasteiger partial charge in [-0.3, -0.25) is 19.5 Å². The van der Waals surface area contributed by atoms with Crippen molar-refractivity contribution in [3.63, 3.8) is 0 Å². The molecule has 0 unspecified atom stereocenters. The average Bonchev–Trinajstić information content (AvgIpc) is 2.79. The van der Waals surface area contributed by atoms with Crippen molar-refractivity contribution < 1.29 is 9.59 Å². The van der Waals surface area contributed by atoms with Crippen molar-refractivity contribution in [1.82, 2.24) is 20.1 Å². The molecule has 1 saturated heterocycles. The molecule has 0 atom stereocenters. The fourth-order valence-corrected chi connectivity index (χ4v) is 5.50. The molecule has 6 nitrogen and oxygen atoms in total. The van der Waals surface area contributed by atoms with E-state index in [1.165, 1.54) is 56.9 Å². The summed E-state index contributed by atoms with van der Waals surface area (Å²) in [4.78, 5) is 34.2. The zero-order chi connectivity index (χ0) is 21.6. The zero-order valence-electron chi connectivity index (χ0n) is 19.1. The first-order valence-electron chi connectivity index (χ1n) is 12.3. The van der Waals surface area contributed by atoms with Crippen molar-refractivity contribution in [3.8, 4) is 0 Å². The minimum atomic E-state index is 0.0963. The molecule has 3 heterocycles. The molecule has 0 aromatic carbocycles. The predicted octanol–water partition coefficient (Wildman–Crippen LogP) is 3.35. The molecule has 170 valence electrons. The van der Waals surface area contributed by atoms with E-state index in [2.05, 4.69) is 15.2 Å². The number of nitrogens with zero attached hydrogens (tertiary/aromatic N) is 3. The van der Waals surface area contributed by atoms with Crippen LogP contribution < -0.4 is 5.32 Å². The summed E-state index contributed by atoms with van der Waals surface area (Å²) in [5, 5.41) is 3.12. The molecule has 1 aliphatic carbocycles. The van der Waals surface area contributed by atoms with Gasteiger partial charge in [0, 0.05) is 37.9 Å². The van der Waals surface area contributed by atoms with Crippen molar-refractivity contribution in [2.45, 2.75) is 84.2 Å². The van der Waals surface area contributed by atoms with Crippen molar-refractivity contribution in [2.24, 2.45) is 5.92 Å². The summed E-state index contributed by atoms with van der Waals surface area (Å²) >= 11 is 0. The molecule has 1 aromatic rings. The minimum absolute atomic E-state index is 0.0963. The Morgan fingerprint density at radius 1 is 1.06 bits per heavy atom. The van der Waals surface area contributed by atoms with E-state index in [9.17, 15) is 9.59 Å². The summed E-state index contributed by atoms with van der Waals surface area (Å²) in [6.45, 7) is 6.53. The molecule has 0 radical (unpaired) electrons. The highest BCUT2D eigenvalue weighted by molar-refractivity contribution is 5.78. The monoisotopic (exact) mass is 426 g/mol. The molecular formula is C25H38N4O2. The molecule has 3 aliphatic rings. The lowest BCUT2D eigenvalue weighted by molar-refractivity contribution is -0.133. The van der Waals surface area contributed by atoms with Crippen molar-refractivity contribution in [3.05, 3.63) is 28.6 Å². The molecular weight excluding hydrogens is 388 g/mol. The first kappa shape index (κ1) is 22.3. The number of aromatic nitrogens is 1. The highest BCUT2D eigenvalue weighted by Crippen LogP contribution is 2.29. The summed E-state index contributed by atoms with van der Waals surface area (Å²) in [5.74, 6) is 0.970. The summed E-state index contributed by atoms with van der Waals surface area (Å²) < 4.78 is 0. The maximum Gasteiger partial charge on any atom is 0.234 e. The summed E-state index contributed by atoms with van der Waals surface area (Å²) in [6, 6.07) is 0. The van der Waals surface area contributed by atoms with Crippen LogP contribution in [0.5, 0.6) is 0 Å². The van der Waals surface area contributed by atoms with E-state index in [0.717, 1.165) is 42.9 Å². The number of piperidine rings is 1. The molecule has 2 fully saturated rings. The van der Waals surface area contributed by atoms with Crippen LogP contribution in [0.1, 0.15) is 80.2 Å². The maximum absolute atomic E-state index is 12.9. The van der Waals surface area contributed by atoms with E-state index in [4.69, 9.17) is 0 Å². The summed E-state index contributed by atoms with van der Waals surface area (Å²) in [5.41, 5.74) is 4.56. The van der Waals surface area contributed by atoms with Crippen molar-refractivity contribution in [1.29, 1.82) is 0 Å². The molecule has 1 N–H and O–H groups in total. The van der Waals surface area contributed by atoms with Crippen molar-refractivity contribution in [2.75, 3.05) is 26.2 Å². The Morgan fingerprint density at radius 2 is 1.81 bits per heavy atom. The van der Waals surface area contributed by atoms with E-state index in [0.29, 0.717) is 37.9 Å².